The summed E-state index contributed by atoms with van der Waals surface area (Å²) in [7, 11) is -3.27. The summed E-state index contributed by atoms with van der Waals surface area (Å²) < 4.78 is 25.0. The minimum absolute atomic E-state index is 0.0587. The van der Waals surface area contributed by atoms with Gasteiger partial charge < -0.3 is 5.32 Å². The summed E-state index contributed by atoms with van der Waals surface area (Å²) in [4.78, 5) is 5.73. The fraction of sp³-hybridized carbons (Fsp3) is 0.357. The van der Waals surface area contributed by atoms with Gasteiger partial charge in [-0.05, 0) is 39.0 Å². The highest BCUT2D eigenvalue weighted by molar-refractivity contribution is 7.92. The van der Waals surface area contributed by atoms with Crippen molar-refractivity contribution >= 4 is 32.7 Å². The number of nitrogens with one attached hydrogen (secondary N) is 2. The number of benzene rings is 1. The lowest BCUT2D eigenvalue weighted by molar-refractivity contribution is 0.607. The van der Waals surface area contributed by atoms with Crippen molar-refractivity contribution in [3.63, 3.8) is 0 Å². The number of nitrogens with zero attached hydrogens (tertiary/aromatic N) is 1. The van der Waals surface area contributed by atoms with E-state index in [1.54, 1.807) is 23.5 Å². The van der Waals surface area contributed by atoms with Crippen molar-refractivity contribution in [3.05, 3.63) is 39.8 Å². The first kappa shape index (κ1) is 15.8. The first-order chi connectivity index (χ1) is 9.74. The Bertz CT molecular complexity index is 738. The second-order valence-electron chi connectivity index (χ2n) is 5.00. The van der Waals surface area contributed by atoms with Gasteiger partial charge >= 0.3 is 0 Å². The van der Waals surface area contributed by atoms with Gasteiger partial charge in [-0.15, -0.1) is 11.3 Å². The summed E-state index contributed by atoms with van der Waals surface area (Å²) in [5, 5.41) is 4.39. The molecule has 0 radical (unpaired) electrons. The van der Waals surface area contributed by atoms with E-state index in [0.717, 1.165) is 22.6 Å². The molecule has 0 aliphatic carbocycles. The Morgan fingerprint density at radius 2 is 1.90 bits per heavy atom. The summed E-state index contributed by atoms with van der Waals surface area (Å²) in [5.41, 5.74) is 2.42. The van der Waals surface area contributed by atoms with Crippen LogP contribution in [0.5, 0.6) is 0 Å². The van der Waals surface area contributed by atoms with E-state index in [-0.39, 0.29) is 6.04 Å². The maximum Gasteiger partial charge on any atom is 0.229 e. The predicted molar refractivity (Wildman–Crippen MR) is 88.5 cm³/mol. The van der Waals surface area contributed by atoms with Crippen molar-refractivity contribution in [1.29, 1.82) is 0 Å². The number of aryl methyl sites for hydroxylation is 2. The summed E-state index contributed by atoms with van der Waals surface area (Å²) in [6.45, 7) is 6.09. The molecule has 2 rings (SSSR count). The van der Waals surface area contributed by atoms with Gasteiger partial charge in [0.15, 0.2) is 0 Å². The zero-order chi connectivity index (χ0) is 15.6. The Morgan fingerprint density at radius 1 is 1.24 bits per heavy atom. The van der Waals surface area contributed by atoms with Crippen LogP contribution in [0, 0.1) is 13.8 Å². The lowest BCUT2D eigenvalue weighted by atomic mass is 10.2. The van der Waals surface area contributed by atoms with Crippen LogP contribution in [0.15, 0.2) is 24.3 Å². The van der Waals surface area contributed by atoms with Crippen LogP contribution in [0.1, 0.15) is 28.5 Å². The average Bonchev–Trinajstić information content (AvgIpc) is 2.66. The molecule has 1 atom stereocenters. The maximum atomic E-state index is 11.3. The third-order valence-electron chi connectivity index (χ3n) is 2.90. The molecule has 21 heavy (non-hydrogen) atoms. The molecule has 0 saturated carbocycles. The Morgan fingerprint density at radius 3 is 2.48 bits per heavy atom. The van der Waals surface area contributed by atoms with Gasteiger partial charge in [0.05, 0.1) is 28.7 Å². The predicted octanol–water partition coefficient (Wildman–Crippen LogP) is 3.30. The van der Waals surface area contributed by atoms with Crippen molar-refractivity contribution in [2.45, 2.75) is 26.8 Å². The van der Waals surface area contributed by atoms with Crippen LogP contribution in [-0.2, 0) is 10.0 Å². The van der Waals surface area contributed by atoms with E-state index in [0.29, 0.717) is 5.69 Å². The lowest BCUT2D eigenvalue weighted by Crippen LogP contribution is -2.11. The number of aromatic nitrogens is 1. The van der Waals surface area contributed by atoms with Crippen molar-refractivity contribution < 1.29 is 8.42 Å². The Kier molecular flexibility index (Phi) is 4.53. The molecule has 2 aromatic rings. The highest BCUT2D eigenvalue weighted by Crippen LogP contribution is 2.26. The van der Waals surface area contributed by atoms with E-state index in [4.69, 9.17) is 0 Å². The van der Waals surface area contributed by atoms with Gasteiger partial charge in [-0.2, -0.15) is 0 Å². The third-order valence-corrected chi connectivity index (χ3v) is 4.41. The molecule has 1 aromatic heterocycles. The standard InChI is InChI=1S/C14H19N3O2S2/c1-9(14-10(2)20-11(3)16-14)15-12-6-5-7-13(8-12)17-21(4,18)19/h5-9,15,17H,1-4H3. The number of thiazole rings is 1. The molecule has 0 amide bonds. The molecule has 1 heterocycles. The van der Waals surface area contributed by atoms with Gasteiger partial charge in [0.1, 0.15) is 0 Å². The molecular formula is C14H19N3O2S2. The molecule has 2 N–H and O–H groups in total. The fourth-order valence-corrected chi connectivity index (χ4v) is 3.62. The zero-order valence-corrected chi connectivity index (χ0v) is 14.1. The summed E-state index contributed by atoms with van der Waals surface area (Å²) in [6.07, 6.45) is 1.14. The molecule has 1 unspecified atom stereocenters. The molecule has 0 saturated heterocycles. The molecular weight excluding hydrogens is 306 g/mol. The lowest BCUT2D eigenvalue weighted by Gasteiger charge is -2.15. The van der Waals surface area contributed by atoms with Gasteiger partial charge in [-0.1, -0.05) is 6.07 Å². The Hall–Kier alpha value is -1.60. The minimum atomic E-state index is -3.27. The largest absolute Gasteiger partial charge is 0.377 e. The van der Waals surface area contributed by atoms with Gasteiger partial charge in [-0.3, -0.25) is 4.72 Å². The van der Waals surface area contributed by atoms with Crippen molar-refractivity contribution in [2.24, 2.45) is 0 Å². The minimum Gasteiger partial charge on any atom is -0.377 e. The summed E-state index contributed by atoms with van der Waals surface area (Å²) in [6, 6.07) is 7.25. The first-order valence-corrected chi connectivity index (χ1v) is 9.24. The van der Waals surface area contributed by atoms with Crippen LogP contribution in [0.25, 0.3) is 0 Å². The Labute approximate surface area is 129 Å². The molecule has 0 spiro atoms. The van der Waals surface area contributed by atoms with Gasteiger partial charge in [0.25, 0.3) is 0 Å². The quantitative estimate of drug-likeness (QED) is 0.885. The third kappa shape index (κ3) is 4.44. The van der Waals surface area contributed by atoms with E-state index in [1.807, 2.05) is 26.0 Å². The highest BCUT2D eigenvalue weighted by Gasteiger charge is 2.13. The number of sulfonamides is 1. The average molecular weight is 325 g/mol. The number of anilines is 2. The van der Waals surface area contributed by atoms with E-state index < -0.39 is 10.0 Å². The van der Waals surface area contributed by atoms with Crippen LogP contribution in [0.2, 0.25) is 0 Å². The van der Waals surface area contributed by atoms with E-state index in [9.17, 15) is 8.42 Å². The van der Waals surface area contributed by atoms with Gasteiger partial charge in [0, 0.05) is 10.6 Å². The second kappa shape index (κ2) is 6.03. The molecule has 0 bridgehead atoms. The van der Waals surface area contributed by atoms with E-state index in [2.05, 4.69) is 21.9 Å². The van der Waals surface area contributed by atoms with Crippen LogP contribution in [0.3, 0.4) is 0 Å². The number of rotatable bonds is 5. The SMILES string of the molecule is Cc1nc(C(C)Nc2cccc(NS(C)(=O)=O)c2)c(C)s1. The second-order valence-corrected chi connectivity index (χ2v) is 8.15. The number of hydrogen-bond donors (Lipinski definition) is 2. The van der Waals surface area contributed by atoms with Crippen molar-refractivity contribution in [3.8, 4) is 0 Å². The van der Waals surface area contributed by atoms with Crippen LogP contribution in [-0.4, -0.2) is 19.7 Å². The molecule has 5 nitrogen and oxygen atoms in total. The van der Waals surface area contributed by atoms with Crippen LogP contribution >= 0.6 is 11.3 Å². The van der Waals surface area contributed by atoms with E-state index >= 15 is 0 Å². The highest BCUT2D eigenvalue weighted by atomic mass is 32.2. The topological polar surface area (TPSA) is 71.1 Å². The van der Waals surface area contributed by atoms with Crippen LogP contribution < -0.4 is 10.0 Å². The van der Waals surface area contributed by atoms with Crippen LogP contribution in [0.4, 0.5) is 11.4 Å². The molecule has 0 fully saturated rings. The Balaban J connectivity index is 2.16. The summed E-state index contributed by atoms with van der Waals surface area (Å²) in [5.74, 6) is 0. The monoisotopic (exact) mass is 325 g/mol. The zero-order valence-electron chi connectivity index (χ0n) is 12.5. The molecule has 114 valence electrons. The number of hydrogen-bond acceptors (Lipinski definition) is 5. The van der Waals surface area contributed by atoms with E-state index in [1.165, 1.54) is 4.88 Å². The molecule has 0 aliphatic rings. The van der Waals surface area contributed by atoms with Crippen molar-refractivity contribution in [1.82, 2.24) is 4.98 Å². The van der Waals surface area contributed by atoms with Gasteiger partial charge in [0.2, 0.25) is 10.0 Å². The summed E-state index contributed by atoms with van der Waals surface area (Å²) >= 11 is 1.68. The maximum absolute atomic E-state index is 11.3. The normalized spacial score (nSPS) is 13.0. The smallest absolute Gasteiger partial charge is 0.229 e. The first-order valence-electron chi connectivity index (χ1n) is 6.53. The molecule has 1 aromatic carbocycles. The molecule has 7 heteroatoms. The van der Waals surface area contributed by atoms with Gasteiger partial charge in [-0.25, -0.2) is 13.4 Å². The van der Waals surface area contributed by atoms with Crippen molar-refractivity contribution in [2.75, 3.05) is 16.3 Å². The molecule has 0 aliphatic heterocycles. The fourth-order valence-electron chi connectivity index (χ4n) is 2.15.